The molecule has 0 unspecified atom stereocenters. The van der Waals surface area contributed by atoms with E-state index in [1.165, 1.54) is 11.1 Å². The van der Waals surface area contributed by atoms with Crippen LogP contribution in [0.1, 0.15) is 62.0 Å². The van der Waals surface area contributed by atoms with Gasteiger partial charge in [-0.2, -0.15) is 0 Å². The van der Waals surface area contributed by atoms with Gasteiger partial charge in [0.2, 0.25) is 0 Å². The van der Waals surface area contributed by atoms with Crippen LogP contribution in [0, 0.1) is 0 Å². The minimum atomic E-state index is -1.11. The third-order valence-electron chi connectivity index (χ3n) is 4.51. The molecule has 2 rings (SSSR count). The highest BCUT2D eigenvalue weighted by Crippen LogP contribution is 2.45. The Kier molecular flexibility index (Phi) is 3.79. The van der Waals surface area contributed by atoms with Gasteiger partial charge in [-0.25, -0.2) is 4.79 Å². The largest absolute Gasteiger partial charge is 0.478 e. The maximum absolute atomic E-state index is 12.1. The quantitative estimate of drug-likeness (QED) is 0.678. The average Bonchev–Trinajstić information content (AvgIpc) is 2.41. The van der Waals surface area contributed by atoms with Crippen LogP contribution >= 0.6 is 0 Å². The third-order valence-corrected chi connectivity index (χ3v) is 4.51. The van der Waals surface area contributed by atoms with E-state index in [0.717, 1.165) is 25.0 Å². The van der Waals surface area contributed by atoms with Crippen LogP contribution in [-0.2, 0) is 15.6 Å². The lowest BCUT2D eigenvalue weighted by molar-refractivity contribution is -0.131. The summed E-state index contributed by atoms with van der Waals surface area (Å²) < 4.78 is 0. The van der Waals surface area contributed by atoms with Gasteiger partial charge in [0.05, 0.1) is 0 Å². The monoisotopic (exact) mass is 286 g/mol. The molecule has 1 aromatic rings. The number of hydrogen-bond acceptors (Lipinski definition) is 2. The Morgan fingerprint density at radius 1 is 1.00 bits per heavy atom. The molecule has 0 radical (unpaired) electrons. The van der Waals surface area contributed by atoms with Crippen LogP contribution in [0.25, 0.3) is 0 Å². The smallest absolute Gasteiger partial charge is 0.328 e. The molecule has 0 saturated carbocycles. The summed E-state index contributed by atoms with van der Waals surface area (Å²) in [5.74, 6) is -1.37. The Hall–Kier alpha value is -1.90. The van der Waals surface area contributed by atoms with Crippen LogP contribution in [0.3, 0.4) is 0 Å². The van der Waals surface area contributed by atoms with E-state index in [0.29, 0.717) is 5.56 Å². The predicted octanol–water partition coefficient (Wildman–Crippen LogP) is 3.86. The topological polar surface area (TPSA) is 54.4 Å². The maximum atomic E-state index is 12.1. The normalized spacial score (nSPS) is 19.2. The minimum Gasteiger partial charge on any atom is -0.478 e. The lowest BCUT2D eigenvalue weighted by atomic mass is 9.63. The zero-order valence-electron chi connectivity index (χ0n) is 13.1. The average molecular weight is 286 g/mol. The molecule has 1 aliphatic carbocycles. The van der Waals surface area contributed by atoms with E-state index in [4.69, 9.17) is 5.11 Å². The van der Waals surface area contributed by atoms with Gasteiger partial charge in [0.25, 0.3) is 0 Å². The molecule has 0 fully saturated rings. The number of benzene rings is 1. The van der Waals surface area contributed by atoms with Crippen molar-refractivity contribution >= 4 is 11.8 Å². The highest BCUT2D eigenvalue weighted by molar-refractivity contribution is 6.07. The molecule has 0 heterocycles. The van der Waals surface area contributed by atoms with Crippen molar-refractivity contribution in [1.29, 1.82) is 0 Å². The third kappa shape index (κ3) is 3.07. The van der Waals surface area contributed by atoms with E-state index in [1.807, 2.05) is 12.1 Å². The molecule has 21 heavy (non-hydrogen) atoms. The summed E-state index contributed by atoms with van der Waals surface area (Å²) in [6, 6.07) is 5.76. The molecule has 0 bridgehead atoms. The number of carbonyl (C=O) groups is 2. The van der Waals surface area contributed by atoms with Crippen molar-refractivity contribution in [2.24, 2.45) is 0 Å². The Labute approximate surface area is 125 Å². The van der Waals surface area contributed by atoms with Gasteiger partial charge in [-0.3, -0.25) is 4.79 Å². The predicted molar refractivity (Wildman–Crippen MR) is 82.8 cm³/mol. The molecule has 1 aliphatic rings. The summed E-state index contributed by atoms with van der Waals surface area (Å²) in [5.41, 5.74) is 3.20. The van der Waals surface area contributed by atoms with Crippen LogP contribution < -0.4 is 0 Å². The van der Waals surface area contributed by atoms with Gasteiger partial charge in [0.15, 0.2) is 5.78 Å². The highest BCUT2D eigenvalue weighted by atomic mass is 16.4. The molecule has 112 valence electrons. The summed E-state index contributed by atoms with van der Waals surface area (Å²) in [7, 11) is 0. The Bertz CT molecular complexity index is 621. The number of aliphatic carboxylic acids is 1. The van der Waals surface area contributed by atoms with Gasteiger partial charge in [-0.15, -0.1) is 0 Å². The van der Waals surface area contributed by atoms with Crippen molar-refractivity contribution in [2.75, 3.05) is 0 Å². The number of ketones is 1. The number of carbonyl (C=O) groups excluding carboxylic acids is 1. The van der Waals surface area contributed by atoms with Crippen molar-refractivity contribution in [3.63, 3.8) is 0 Å². The first-order valence-electron chi connectivity index (χ1n) is 7.24. The van der Waals surface area contributed by atoms with Crippen molar-refractivity contribution in [2.45, 2.75) is 51.4 Å². The van der Waals surface area contributed by atoms with E-state index in [1.54, 1.807) is 6.07 Å². The maximum Gasteiger partial charge on any atom is 0.328 e. The molecule has 3 nitrogen and oxygen atoms in total. The first-order chi connectivity index (χ1) is 9.63. The van der Waals surface area contributed by atoms with Crippen LogP contribution in [0.2, 0.25) is 0 Å². The molecule has 0 aromatic heterocycles. The molecule has 0 amide bonds. The van der Waals surface area contributed by atoms with Crippen LogP contribution in [0.5, 0.6) is 0 Å². The zero-order valence-corrected chi connectivity index (χ0v) is 13.1. The molecular formula is C18H22O3. The molecule has 1 N–H and O–H groups in total. The van der Waals surface area contributed by atoms with Crippen LogP contribution in [0.15, 0.2) is 30.4 Å². The fourth-order valence-corrected chi connectivity index (χ4v) is 2.99. The summed E-state index contributed by atoms with van der Waals surface area (Å²) in [5, 5.41) is 8.61. The number of carboxylic acids is 1. The highest BCUT2D eigenvalue weighted by Gasteiger charge is 2.37. The van der Waals surface area contributed by atoms with E-state index in [9.17, 15) is 9.59 Å². The Morgan fingerprint density at radius 3 is 2.14 bits per heavy atom. The summed E-state index contributed by atoms with van der Waals surface area (Å²) >= 11 is 0. The molecule has 0 atom stereocenters. The van der Waals surface area contributed by atoms with Crippen molar-refractivity contribution in [3.05, 3.63) is 47.0 Å². The molecule has 1 aromatic carbocycles. The van der Waals surface area contributed by atoms with Gasteiger partial charge in [0.1, 0.15) is 0 Å². The fraction of sp³-hybridized carbons (Fsp3) is 0.444. The van der Waals surface area contributed by atoms with Gasteiger partial charge in [-0.1, -0.05) is 39.8 Å². The Morgan fingerprint density at radius 2 is 1.57 bits per heavy atom. The molecule has 0 saturated heterocycles. The van der Waals surface area contributed by atoms with Gasteiger partial charge in [-0.05, 0) is 46.9 Å². The molecule has 0 aliphatic heterocycles. The Balaban J connectivity index is 2.47. The molecular weight excluding hydrogens is 264 g/mol. The number of allylic oxidation sites excluding steroid dienone is 1. The van der Waals surface area contributed by atoms with E-state index in [-0.39, 0.29) is 16.6 Å². The van der Waals surface area contributed by atoms with E-state index >= 15 is 0 Å². The standard InChI is InChI=1S/C18H22O3/c1-17(2)9-10-18(3,4)14-11-12(5-6-13(14)17)15(19)7-8-16(20)21/h5-8,11H,9-10H2,1-4H3,(H,20,21)/b8-7+. The van der Waals surface area contributed by atoms with Crippen molar-refractivity contribution in [3.8, 4) is 0 Å². The second-order valence-electron chi connectivity index (χ2n) is 7.06. The second-order valence-corrected chi connectivity index (χ2v) is 7.06. The van der Waals surface area contributed by atoms with Crippen molar-refractivity contribution in [1.82, 2.24) is 0 Å². The lowest BCUT2D eigenvalue weighted by Gasteiger charge is -2.42. The fourth-order valence-electron chi connectivity index (χ4n) is 2.99. The number of fused-ring (bicyclic) bond motifs is 1. The SMILES string of the molecule is CC1(C)CCC(C)(C)c2cc(C(=O)/C=C/C(=O)O)ccc21. The molecule has 3 heteroatoms. The summed E-state index contributed by atoms with van der Waals surface area (Å²) in [6.07, 6.45) is 4.21. The summed E-state index contributed by atoms with van der Waals surface area (Å²) in [6.45, 7) is 8.85. The van der Waals surface area contributed by atoms with Gasteiger partial charge in [0, 0.05) is 11.6 Å². The molecule has 0 spiro atoms. The second kappa shape index (κ2) is 5.14. The first kappa shape index (κ1) is 15.5. The first-order valence-corrected chi connectivity index (χ1v) is 7.24. The van der Waals surface area contributed by atoms with Gasteiger partial charge < -0.3 is 5.11 Å². The van der Waals surface area contributed by atoms with Crippen LogP contribution in [0.4, 0.5) is 0 Å². The zero-order chi connectivity index (χ0) is 15.8. The summed E-state index contributed by atoms with van der Waals surface area (Å²) in [4.78, 5) is 22.6. The number of carboxylic acid groups (broad SMARTS) is 1. The van der Waals surface area contributed by atoms with E-state index < -0.39 is 5.97 Å². The van der Waals surface area contributed by atoms with Gasteiger partial charge >= 0.3 is 5.97 Å². The minimum absolute atomic E-state index is 0.0393. The van der Waals surface area contributed by atoms with Crippen LogP contribution in [-0.4, -0.2) is 16.9 Å². The lowest BCUT2D eigenvalue weighted by Crippen LogP contribution is -2.34. The van der Waals surface area contributed by atoms with Crippen molar-refractivity contribution < 1.29 is 14.7 Å². The number of rotatable bonds is 3. The van der Waals surface area contributed by atoms with E-state index in [2.05, 4.69) is 27.7 Å². The number of hydrogen-bond donors (Lipinski definition) is 1.